The zero-order valence-corrected chi connectivity index (χ0v) is 17.8. The molecule has 31 heavy (non-hydrogen) atoms. The van der Waals surface area contributed by atoms with Gasteiger partial charge in [-0.25, -0.2) is 4.39 Å². The fraction of sp³-hybridized carbons (Fsp3) is 0.333. The van der Waals surface area contributed by atoms with Crippen LogP contribution in [-0.2, 0) is 6.54 Å². The number of para-hydroxylation sites is 1. The Labute approximate surface area is 181 Å². The molecule has 0 radical (unpaired) electrons. The summed E-state index contributed by atoms with van der Waals surface area (Å²) in [4.78, 5) is 21.8. The largest absolute Gasteiger partial charge is 0.507 e. The van der Waals surface area contributed by atoms with Crippen LogP contribution in [0.4, 0.5) is 10.1 Å². The highest BCUT2D eigenvalue weighted by molar-refractivity contribution is 5.48. The van der Waals surface area contributed by atoms with Crippen molar-refractivity contribution in [1.82, 2.24) is 14.5 Å². The first-order chi connectivity index (χ1) is 15.0. The van der Waals surface area contributed by atoms with Crippen LogP contribution in [0, 0.1) is 12.7 Å². The normalized spacial score (nSPS) is 15.8. The first kappa shape index (κ1) is 21.1. The number of benzene rings is 1. The zero-order valence-electron chi connectivity index (χ0n) is 17.8. The Balaban J connectivity index is 1.71. The van der Waals surface area contributed by atoms with Crippen molar-refractivity contribution in [3.63, 3.8) is 0 Å². The van der Waals surface area contributed by atoms with Crippen LogP contribution in [0.1, 0.15) is 29.8 Å². The average molecular weight is 423 g/mol. The van der Waals surface area contributed by atoms with E-state index in [0.29, 0.717) is 44.0 Å². The minimum atomic E-state index is -0.428. The molecule has 0 bridgehead atoms. The summed E-state index contributed by atoms with van der Waals surface area (Å²) in [7, 11) is 0. The van der Waals surface area contributed by atoms with Gasteiger partial charge in [-0.1, -0.05) is 18.2 Å². The lowest BCUT2D eigenvalue weighted by Gasteiger charge is -2.40. The number of hydrogen-bond acceptors (Lipinski definition) is 5. The van der Waals surface area contributed by atoms with E-state index < -0.39 is 6.04 Å². The van der Waals surface area contributed by atoms with Gasteiger partial charge in [-0.05, 0) is 43.7 Å². The van der Waals surface area contributed by atoms with Crippen LogP contribution in [0.25, 0.3) is 0 Å². The summed E-state index contributed by atoms with van der Waals surface area (Å²) in [6.45, 7) is 6.74. The number of hydrogen-bond donors (Lipinski definition) is 1. The van der Waals surface area contributed by atoms with Crippen LogP contribution < -0.4 is 10.5 Å². The van der Waals surface area contributed by atoms with Gasteiger partial charge in [0.25, 0.3) is 5.56 Å². The number of aryl methyl sites for hydroxylation is 1. The van der Waals surface area contributed by atoms with Crippen molar-refractivity contribution in [3.05, 3.63) is 87.9 Å². The van der Waals surface area contributed by atoms with Gasteiger partial charge in [0.15, 0.2) is 0 Å². The summed E-state index contributed by atoms with van der Waals surface area (Å²) in [5, 5.41) is 10.8. The number of rotatable bonds is 5. The molecule has 0 amide bonds. The summed E-state index contributed by atoms with van der Waals surface area (Å²) in [5.74, 6) is -0.237. The number of aromatic nitrogens is 2. The van der Waals surface area contributed by atoms with E-state index in [1.807, 2.05) is 36.9 Å². The fourth-order valence-electron chi connectivity index (χ4n) is 4.45. The summed E-state index contributed by atoms with van der Waals surface area (Å²) < 4.78 is 15.9. The van der Waals surface area contributed by atoms with Crippen LogP contribution in [0.5, 0.6) is 5.75 Å². The van der Waals surface area contributed by atoms with E-state index in [2.05, 4.69) is 9.88 Å². The first-order valence-electron chi connectivity index (χ1n) is 10.6. The quantitative estimate of drug-likeness (QED) is 0.684. The third kappa shape index (κ3) is 4.05. The van der Waals surface area contributed by atoms with Crippen molar-refractivity contribution in [2.24, 2.45) is 0 Å². The van der Waals surface area contributed by atoms with Gasteiger partial charge in [0.2, 0.25) is 0 Å². The van der Waals surface area contributed by atoms with Gasteiger partial charge in [0.1, 0.15) is 11.6 Å². The second-order valence-corrected chi connectivity index (χ2v) is 7.80. The van der Waals surface area contributed by atoms with Crippen molar-refractivity contribution in [2.45, 2.75) is 26.4 Å². The molecule has 1 fully saturated rings. The number of anilines is 1. The fourth-order valence-corrected chi connectivity index (χ4v) is 4.45. The monoisotopic (exact) mass is 422 g/mol. The van der Waals surface area contributed by atoms with Crippen LogP contribution in [0.2, 0.25) is 0 Å². The van der Waals surface area contributed by atoms with Crippen molar-refractivity contribution in [3.8, 4) is 5.75 Å². The van der Waals surface area contributed by atoms with Gasteiger partial charge >= 0.3 is 0 Å². The molecule has 1 aliphatic rings. The molecule has 1 aromatic carbocycles. The van der Waals surface area contributed by atoms with Crippen molar-refractivity contribution >= 4 is 5.69 Å². The van der Waals surface area contributed by atoms with Crippen molar-refractivity contribution < 1.29 is 9.50 Å². The maximum atomic E-state index is 14.2. The topological polar surface area (TPSA) is 61.6 Å². The minimum Gasteiger partial charge on any atom is -0.507 e. The predicted molar refractivity (Wildman–Crippen MR) is 119 cm³/mol. The Kier molecular flexibility index (Phi) is 6.04. The van der Waals surface area contributed by atoms with E-state index >= 15 is 0 Å². The molecule has 0 unspecified atom stereocenters. The molecule has 4 rings (SSSR count). The third-order valence-corrected chi connectivity index (χ3v) is 5.99. The number of aromatic hydroxyl groups is 1. The lowest BCUT2D eigenvalue weighted by Crippen LogP contribution is -2.49. The van der Waals surface area contributed by atoms with E-state index in [-0.39, 0.29) is 17.1 Å². The predicted octanol–water partition coefficient (Wildman–Crippen LogP) is 3.33. The molecule has 0 aliphatic carbocycles. The van der Waals surface area contributed by atoms with E-state index in [0.717, 1.165) is 11.3 Å². The molecular formula is C24H27FN4O2. The highest BCUT2D eigenvalue weighted by atomic mass is 19.1. The summed E-state index contributed by atoms with van der Waals surface area (Å²) in [5.41, 5.74) is 2.33. The Hall–Kier alpha value is -3.19. The summed E-state index contributed by atoms with van der Waals surface area (Å²) >= 11 is 0. The maximum Gasteiger partial charge on any atom is 0.259 e. The Morgan fingerprint density at radius 1 is 1.13 bits per heavy atom. The lowest BCUT2D eigenvalue weighted by molar-refractivity contribution is 0.206. The molecule has 1 atom stereocenters. The second kappa shape index (κ2) is 8.89. The van der Waals surface area contributed by atoms with Gasteiger partial charge in [0.05, 0.1) is 17.3 Å². The molecular weight excluding hydrogens is 395 g/mol. The van der Waals surface area contributed by atoms with Crippen molar-refractivity contribution in [1.29, 1.82) is 0 Å². The van der Waals surface area contributed by atoms with Gasteiger partial charge in [-0.2, -0.15) is 0 Å². The molecule has 3 heterocycles. The van der Waals surface area contributed by atoms with Crippen molar-refractivity contribution in [2.75, 3.05) is 31.1 Å². The highest BCUT2D eigenvalue weighted by Gasteiger charge is 2.32. The molecule has 1 saturated heterocycles. The van der Waals surface area contributed by atoms with E-state index in [1.54, 1.807) is 35.2 Å². The van der Waals surface area contributed by atoms with E-state index in [4.69, 9.17) is 0 Å². The zero-order chi connectivity index (χ0) is 22.0. The molecule has 0 spiro atoms. The molecule has 162 valence electrons. The average Bonchev–Trinajstić information content (AvgIpc) is 2.78. The van der Waals surface area contributed by atoms with Crippen LogP contribution in [0.15, 0.2) is 59.7 Å². The van der Waals surface area contributed by atoms with E-state index in [9.17, 15) is 14.3 Å². The summed E-state index contributed by atoms with van der Waals surface area (Å²) in [6, 6.07) is 11.8. The van der Waals surface area contributed by atoms with Gasteiger partial charge in [-0.15, -0.1) is 0 Å². The highest BCUT2D eigenvalue weighted by Crippen LogP contribution is 2.33. The molecule has 2 aromatic heterocycles. The standard InChI is InChI=1S/C24H27FN4O2/c1-3-29-17(2)15-21(30)22(24(29)31)23(18-7-6-10-26-16-18)28-13-11-27(12-14-28)20-9-5-4-8-19(20)25/h4-10,15-16,23,30H,3,11-14H2,1-2H3/t23-/m1/s1. The molecule has 0 saturated carbocycles. The van der Waals surface area contributed by atoms with Gasteiger partial charge in [-0.3, -0.25) is 14.7 Å². The first-order valence-corrected chi connectivity index (χ1v) is 10.6. The third-order valence-electron chi connectivity index (χ3n) is 5.99. The van der Waals surface area contributed by atoms with Gasteiger partial charge < -0.3 is 14.6 Å². The molecule has 7 heteroatoms. The molecule has 3 aromatic rings. The maximum absolute atomic E-state index is 14.2. The Bertz CT molecular complexity index is 1110. The van der Waals surface area contributed by atoms with Crippen LogP contribution in [0.3, 0.4) is 0 Å². The summed E-state index contributed by atoms with van der Waals surface area (Å²) in [6.07, 6.45) is 3.43. The number of piperazine rings is 1. The van der Waals surface area contributed by atoms with Crippen LogP contribution in [-0.4, -0.2) is 45.7 Å². The van der Waals surface area contributed by atoms with Gasteiger partial charge in [0, 0.05) is 50.8 Å². The van der Waals surface area contributed by atoms with Crippen LogP contribution >= 0.6 is 0 Å². The molecule has 1 aliphatic heterocycles. The molecule has 1 N–H and O–H groups in total. The lowest BCUT2D eigenvalue weighted by atomic mass is 9.97. The SMILES string of the molecule is CCn1c(C)cc(O)c([C@@H](c2cccnc2)N2CCN(c3ccccc3F)CC2)c1=O. The number of halogens is 1. The second-order valence-electron chi connectivity index (χ2n) is 7.80. The smallest absolute Gasteiger partial charge is 0.259 e. The minimum absolute atomic E-state index is 0.00223. The number of pyridine rings is 2. The van der Waals surface area contributed by atoms with E-state index in [1.165, 1.54) is 6.07 Å². The molecule has 6 nitrogen and oxygen atoms in total. The Morgan fingerprint density at radius 2 is 1.87 bits per heavy atom. The Morgan fingerprint density at radius 3 is 2.52 bits per heavy atom. The number of nitrogens with zero attached hydrogens (tertiary/aromatic N) is 4.